The van der Waals surface area contributed by atoms with E-state index in [2.05, 4.69) is 32.4 Å². The van der Waals surface area contributed by atoms with Gasteiger partial charge in [-0.25, -0.2) is 9.67 Å². The topological polar surface area (TPSA) is 63.1 Å². The molecule has 3 heterocycles. The first kappa shape index (κ1) is 19.2. The molecule has 0 saturated carbocycles. The SMILES string of the molecule is Cc1cc(C)n(-c2ccc(C(=O)Nc3ccc(N4CCCCCC4)cc3)cn2)n1. The highest BCUT2D eigenvalue weighted by Crippen LogP contribution is 2.22. The van der Waals surface area contributed by atoms with E-state index in [1.165, 1.54) is 31.4 Å². The van der Waals surface area contributed by atoms with Crippen LogP contribution in [0.3, 0.4) is 0 Å². The number of amides is 1. The van der Waals surface area contributed by atoms with E-state index in [9.17, 15) is 4.79 Å². The molecule has 1 amide bonds. The zero-order chi connectivity index (χ0) is 20.2. The maximum Gasteiger partial charge on any atom is 0.257 e. The van der Waals surface area contributed by atoms with E-state index in [-0.39, 0.29) is 5.91 Å². The summed E-state index contributed by atoms with van der Waals surface area (Å²) in [5, 5.41) is 7.38. The standard InChI is InChI=1S/C23H27N5O/c1-17-15-18(2)28(26-17)22-12-7-19(16-24-22)23(29)25-20-8-10-21(11-9-20)27-13-5-3-4-6-14-27/h7-12,15-16H,3-6,13-14H2,1-2H3,(H,25,29). The Morgan fingerprint density at radius 3 is 2.28 bits per heavy atom. The summed E-state index contributed by atoms with van der Waals surface area (Å²) in [4.78, 5) is 19.4. The summed E-state index contributed by atoms with van der Waals surface area (Å²) in [6.07, 6.45) is 6.72. The number of aromatic nitrogens is 3. The molecule has 0 unspecified atom stereocenters. The molecule has 0 atom stereocenters. The van der Waals surface area contributed by atoms with Gasteiger partial charge >= 0.3 is 0 Å². The van der Waals surface area contributed by atoms with Crippen LogP contribution in [0.25, 0.3) is 5.82 Å². The Morgan fingerprint density at radius 1 is 0.966 bits per heavy atom. The monoisotopic (exact) mass is 389 g/mol. The van der Waals surface area contributed by atoms with Crippen LogP contribution in [0.4, 0.5) is 11.4 Å². The molecule has 3 aromatic rings. The molecule has 4 rings (SSSR count). The van der Waals surface area contributed by atoms with E-state index in [1.807, 2.05) is 38.1 Å². The summed E-state index contributed by atoms with van der Waals surface area (Å²) >= 11 is 0. The second-order valence-electron chi connectivity index (χ2n) is 7.65. The molecule has 1 saturated heterocycles. The molecule has 29 heavy (non-hydrogen) atoms. The van der Waals surface area contributed by atoms with Crippen molar-refractivity contribution in [1.29, 1.82) is 0 Å². The average molecular weight is 390 g/mol. The smallest absolute Gasteiger partial charge is 0.257 e. The first-order valence-electron chi connectivity index (χ1n) is 10.3. The van der Waals surface area contributed by atoms with Gasteiger partial charge in [0.15, 0.2) is 5.82 Å². The van der Waals surface area contributed by atoms with Crippen molar-refractivity contribution in [3.63, 3.8) is 0 Å². The lowest BCUT2D eigenvalue weighted by atomic mass is 10.2. The number of anilines is 2. The molecule has 0 aliphatic carbocycles. The highest BCUT2D eigenvalue weighted by Gasteiger charge is 2.12. The Labute approximate surface area is 171 Å². The highest BCUT2D eigenvalue weighted by atomic mass is 16.1. The van der Waals surface area contributed by atoms with Gasteiger partial charge in [-0.1, -0.05) is 12.8 Å². The minimum Gasteiger partial charge on any atom is -0.372 e. The van der Waals surface area contributed by atoms with Crippen LogP contribution in [0.1, 0.15) is 47.4 Å². The summed E-state index contributed by atoms with van der Waals surface area (Å²) in [5.41, 5.74) is 4.48. The molecular formula is C23H27N5O. The number of aryl methyl sites for hydroxylation is 2. The number of carbonyl (C=O) groups excluding carboxylic acids is 1. The Hall–Kier alpha value is -3.15. The summed E-state index contributed by atoms with van der Waals surface area (Å²) in [7, 11) is 0. The van der Waals surface area contributed by atoms with E-state index in [0.717, 1.165) is 30.2 Å². The highest BCUT2D eigenvalue weighted by molar-refractivity contribution is 6.04. The fourth-order valence-corrected chi connectivity index (χ4v) is 3.79. The number of carbonyl (C=O) groups is 1. The van der Waals surface area contributed by atoms with Crippen LogP contribution in [0, 0.1) is 13.8 Å². The predicted octanol–water partition coefficient (Wildman–Crippen LogP) is 4.52. The molecule has 1 aliphatic heterocycles. The maximum atomic E-state index is 12.6. The van der Waals surface area contributed by atoms with Gasteiger partial charge in [0, 0.05) is 36.4 Å². The van der Waals surface area contributed by atoms with Crippen molar-refractivity contribution in [2.45, 2.75) is 39.5 Å². The normalized spacial score (nSPS) is 14.5. The van der Waals surface area contributed by atoms with Gasteiger partial charge in [-0.3, -0.25) is 4.79 Å². The zero-order valence-electron chi connectivity index (χ0n) is 17.1. The van der Waals surface area contributed by atoms with Crippen LogP contribution in [0.5, 0.6) is 0 Å². The van der Waals surface area contributed by atoms with Gasteiger partial charge in [0.05, 0.1) is 11.3 Å². The maximum absolute atomic E-state index is 12.6. The summed E-state index contributed by atoms with van der Waals surface area (Å²) in [5.74, 6) is 0.536. The number of hydrogen-bond acceptors (Lipinski definition) is 4. The number of rotatable bonds is 4. The van der Waals surface area contributed by atoms with Crippen LogP contribution >= 0.6 is 0 Å². The van der Waals surface area contributed by atoms with Gasteiger partial charge in [-0.2, -0.15) is 5.10 Å². The third-order valence-electron chi connectivity index (χ3n) is 5.33. The molecule has 0 spiro atoms. The molecule has 1 fully saturated rings. The van der Waals surface area contributed by atoms with Gasteiger partial charge in [0.2, 0.25) is 0 Å². The average Bonchev–Trinajstić information content (AvgIpc) is 2.92. The Balaban J connectivity index is 1.41. The van der Waals surface area contributed by atoms with Gasteiger partial charge in [-0.15, -0.1) is 0 Å². The van der Waals surface area contributed by atoms with E-state index in [4.69, 9.17) is 0 Å². The van der Waals surface area contributed by atoms with Crippen LogP contribution in [0.2, 0.25) is 0 Å². The number of nitrogens with zero attached hydrogens (tertiary/aromatic N) is 4. The van der Waals surface area contributed by atoms with Crippen molar-refractivity contribution in [3.8, 4) is 5.82 Å². The summed E-state index contributed by atoms with van der Waals surface area (Å²) in [6, 6.07) is 13.7. The Bertz CT molecular complexity index is 968. The lowest BCUT2D eigenvalue weighted by molar-refractivity contribution is 0.102. The third-order valence-corrected chi connectivity index (χ3v) is 5.33. The number of hydrogen-bond donors (Lipinski definition) is 1. The fourth-order valence-electron chi connectivity index (χ4n) is 3.79. The Kier molecular flexibility index (Phi) is 5.60. The van der Waals surface area contributed by atoms with E-state index in [0.29, 0.717) is 11.4 Å². The molecule has 150 valence electrons. The molecule has 2 aromatic heterocycles. The van der Waals surface area contributed by atoms with Crippen molar-refractivity contribution in [1.82, 2.24) is 14.8 Å². The quantitative estimate of drug-likeness (QED) is 0.713. The van der Waals surface area contributed by atoms with Crippen molar-refractivity contribution < 1.29 is 4.79 Å². The van der Waals surface area contributed by atoms with Crippen LogP contribution in [0.15, 0.2) is 48.7 Å². The molecule has 6 heteroatoms. The number of benzene rings is 1. The van der Waals surface area contributed by atoms with E-state index >= 15 is 0 Å². The Morgan fingerprint density at radius 2 is 1.69 bits per heavy atom. The second-order valence-corrected chi connectivity index (χ2v) is 7.65. The first-order valence-corrected chi connectivity index (χ1v) is 10.3. The van der Waals surface area contributed by atoms with Gasteiger partial charge in [0.1, 0.15) is 0 Å². The summed E-state index contributed by atoms with van der Waals surface area (Å²) in [6.45, 7) is 6.15. The molecule has 1 aromatic carbocycles. The van der Waals surface area contributed by atoms with Crippen molar-refractivity contribution in [3.05, 3.63) is 65.6 Å². The largest absolute Gasteiger partial charge is 0.372 e. The lowest BCUT2D eigenvalue weighted by Crippen LogP contribution is -2.23. The first-order chi connectivity index (χ1) is 14.1. The third kappa shape index (κ3) is 4.47. The molecule has 0 radical (unpaired) electrons. The van der Waals surface area contributed by atoms with Crippen molar-refractivity contribution in [2.24, 2.45) is 0 Å². The van der Waals surface area contributed by atoms with E-state index in [1.54, 1.807) is 16.9 Å². The minimum atomic E-state index is -0.167. The van der Waals surface area contributed by atoms with Gasteiger partial charge < -0.3 is 10.2 Å². The predicted molar refractivity (Wildman–Crippen MR) is 116 cm³/mol. The van der Waals surface area contributed by atoms with E-state index < -0.39 is 0 Å². The van der Waals surface area contributed by atoms with Crippen molar-refractivity contribution >= 4 is 17.3 Å². The van der Waals surface area contributed by atoms with Crippen LogP contribution in [-0.2, 0) is 0 Å². The molecule has 1 N–H and O–H groups in total. The lowest BCUT2D eigenvalue weighted by Gasteiger charge is -2.22. The number of nitrogens with one attached hydrogen (secondary N) is 1. The van der Waals surface area contributed by atoms with Crippen LogP contribution < -0.4 is 10.2 Å². The number of pyridine rings is 1. The molecule has 1 aliphatic rings. The molecular weight excluding hydrogens is 362 g/mol. The van der Waals surface area contributed by atoms with Gasteiger partial charge in [-0.05, 0) is 69.2 Å². The summed E-state index contributed by atoms with van der Waals surface area (Å²) < 4.78 is 1.78. The zero-order valence-corrected chi connectivity index (χ0v) is 17.1. The molecule has 6 nitrogen and oxygen atoms in total. The van der Waals surface area contributed by atoms with Crippen LogP contribution in [-0.4, -0.2) is 33.8 Å². The van der Waals surface area contributed by atoms with Crippen molar-refractivity contribution in [2.75, 3.05) is 23.3 Å². The fraction of sp³-hybridized carbons (Fsp3) is 0.348. The van der Waals surface area contributed by atoms with Gasteiger partial charge in [0.25, 0.3) is 5.91 Å². The second kappa shape index (κ2) is 8.47. The minimum absolute atomic E-state index is 0.167. The molecule has 0 bridgehead atoms.